The molecule has 198 valence electrons. The molecule has 0 nitrogen and oxygen atoms in total. The first-order valence-electron chi connectivity index (χ1n) is 14.3. The molecular weight excluding hydrogens is 529 g/mol. The van der Waals surface area contributed by atoms with Crippen LogP contribution in [0.3, 0.4) is 0 Å². The van der Waals surface area contributed by atoms with Gasteiger partial charge >= 0.3 is 0 Å². The first-order valence-corrected chi connectivity index (χ1v) is 18.0. The summed E-state index contributed by atoms with van der Waals surface area (Å²) in [7, 11) is -0.331. The Labute approximate surface area is 226 Å². The Balaban J connectivity index is 0.000000602. The van der Waals surface area contributed by atoms with Crippen LogP contribution in [0.1, 0.15) is 120 Å². The standard InChI is InChI=1S/2C15H29P.Pd/c2*1-13(2)16(14(3)4)12-8-11-15-9-6-5-7-10-15;/h2*8,11,13-15H,5-7,9-10,12H2,1-4H3;/p+2. The summed E-state index contributed by atoms with van der Waals surface area (Å²) in [6, 6.07) is 0. The van der Waals surface area contributed by atoms with E-state index in [-0.39, 0.29) is 36.3 Å². The van der Waals surface area contributed by atoms with Gasteiger partial charge in [0.25, 0.3) is 0 Å². The quantitative estimate of drug-likeness (QED) is 0.135. The second kappa shape index (κ2) is 20.1. The summed E-state index contributed by atoms with van der Waals surface area (Å²) >= 11 is 0. The van der Waals surface area contributed by atoms with Crippen molar-refractivity contribution in [1.29, 1.82) is 0 Å². The summed E-state index contributed by atoms with van der Waals surface area (Å²) in [4.78, 5) is 0. The maximum absolute atomic E-state index is 2.54. The van der Waals surface area contributed by atoms with E-state index in [9.17, 15) is 0 Å². The molecule has 33 heavy (non-hydrogen) atoms. The molecule has 0 atom stereocenters. The average Bonchev–Trinajstić information content (AvgIpc) is 2.75. The van der Waals surface area contributed by atoms with E-state index in [1.165, 1.54) is 76.5 Å². The summed E-state index contributed by atoms with van der Waals surface area (Å²) in [5, 5.41) is 0. The molecular formula is C30H60P2Pd+2. The maximum Gasteiger partial charge on any atom is 0.0756 e. The monoisotopic (exact) mass is 588 g/mol. The molecule has 0 spiro atoms. The fourth-order valence-corrected chi connectivity index (χ4v) is 11.1. The molecule has 3 heteroatoms. The predicted molar refractivity (Wildman–Crippen MR) is 158 cm³/mol. The van der Waals surface area contributed by atoms with Crippen molar-refractivity contribution in [3.8, 4) is 0 Å². The maximum atomic E-state index is 2.54. The van der Waals surface area contributed by atoms with Gasteiger partial charge in [-0.2, -0.15) is 0 Å². The molecule has 0 aromatic carbocycles. The van der Waals surface area contributed by atoms with Crippen LogP contribution in [0.25, 0.3) is 0 Å². The molecule has 0 heterocycles. The zero-order valence-corrected chi connectivity index (χ0v) is 27.1. The topological polar surface area (TPSA) is 0 Å². The minimum absolute atomic E-state index is 0. The van der Waals surface area contributed by atoms with Crippen LogP contribution in [0.2, 0.25) is 0 Å². The van der Waals surface area contributed by atoms with Crippen molar-refractivity contribution < 1.29 is 20.4 Å². The SMILES string of the molecule is CC(C)[PH+](CC=CC1CCCCC1)C(C)C.CC(C)[PH+](CC=CC1CCCCC1)C(C)C.[Pd]. The summed E-state index contributed by atoms with van der Waals surface area (Å²) in [6.07, 6.45) is 27.4. The third-order valence-corrected chi connectivity index (χ3v) is 15.1. The number of hydrogen-bond acceptors (Lipinski definition) is 0. The smallest absolute Gasteiger partial charge is 0.0756 e. The van der Waals surface area contributed by atoms with Crippen molar-refractivity contribution in [3.05, 3.63) is 24.3 Å². The van der Waals surface area contributed by atoms with E-state index in [1.54, 1.807) is 0 Å². The summed E-state index contributed by atoms with van der Waals surface area (Å²) in [5.41, 5.74) is 3.67. The molecule has 0 N–H and O–H groups in total. The van der Waals surface area contributed by atoms with E-state index < -0.39 is 0 Å². The molecule has 0 aromatic rings. The van der Waals surface area contributed by atoms with E-state index in [4.69, 9.17) is 0 Å². The van der Waals surface area contributed by atoms with Crippen LogP contribution in [0.15, 0.2) is 24.3 Å². The molecule has 2 fully saturated rings. The van der Waals surface area contributed by atoms with E-state index in [1.807, 2.05) is 0 Å². The average molecular weight is 589 g/mol. The molecule has 0 saturated heterocycles. The molecule has 2 rings (SSSR count). The fraction of sp³-hybridized carbons (Fsp3) is 0.867. The third kappa shape index (κ3) is 15.7. The molecule has 0 amide bonds. The zero-order valence-electron chi connectivity index (χ0n) is 23.6. The van der Waals surface area contributed by atoms with Crippen molar-refractivity contribution >= 4 is 15.8 Å². The van der Waals surface area contributed by atoms with Gasteiger partial charge in [-0.15, -0.1) is 0 Å². The van der Waals surface area contributed by atoms with Crippen LogP contribution in [-0.2, 0) is 20.4 Å². The Morgan fingerprint density at radius 3 is 1.03 bits per heavy atom. The molecule has 0 unspecified atom stereocenters. The first kappa shape index (κ1) is 34.0. The van der Waals surface area contributed by atoms with Gasteiger partial charge in [-0.1, -0.05) is 62.8 Å². The van der Waals surface area contributed by atoms with Gasteiger partial charge in [-0.05, 0) is 92.9 Å². The van der Waals surface area contributed by atoms with Crippen molar-refractivity contribution in [2.45, 2.75) is 142 Å². The normalized spacial score (nSPS) is 18.8. The van der Waals surface area contributed by atoms with Gasteiger partial charge in [0.05, 0.1) is 35.0 Å². The molecule has 0 aliphatic heterocycles. The van der Waals surface area contributed by atoms with Gasteiger partial charge in [0.2, 0.25) is 0 Å². The molecule has 0 bridgehead atoms. The van der Waals surface area contributed by atoms with Crippen LogP contribution >= 0.6 is 15.8 Å². The van der Waals surface area contributed by atoms with E-state index in [0.717, 1.165) is 34.5 Å². The van der Waals surface area contributed by atoms with Crippen LogP contribution in [0.5, 0.6) is 0 Å². The van der Waals surface area contributed by atoms with Crippen molar-refractivity contribution in [2.24, 2.45) is 11.8 Å². The van der Waals surface area contributed by atoms with Crippen molar-refractivity contribution in [1.82, 2.24) is 0 Å². The second-order valence-electron chi connectivity index (χ2n) is 11.8. The van der Waals surface area contributed by atoms with Crippen LogP contribution < -0.4 is 0 Å². The van der Waals surface area contributed by atoms with Crippen molar-refractivity contribution in [2.75, 3.05) is 12.3 Å². The Hall–Kier alpha value is 1.00. The third-order valence-electron chi connectivity index (χ3n) is 7.79. The zero-order chi connectivity index (χ0) is 23.9. The molecule has 2 saturated carbocycles. The van der Waals surface area contributed by atoms with Crippen LogP contribution in [0, 0.1) is 11.8 Å². The first-order chi connectivity index (χ1) is 15.2. The van der Waals surface area contributed by atoms with Gasteiger partial charge in [0, 0.05) is 36.3 Å². The Morgan fingerprint density at radius 1 is 0.515 bits per heavy atom. The molecule has 2 aliphatic carbocycles. The van der Waals surface area contributed by atoms with E-state index >= 15 is 0 Å². The Bertz CT molecular complexity index is 435. The Kier molecular flexibility index (Phi) is 20.7. The molecule has 2 aliphatic rings. The van der Waals surface area contributed by atoms with E-state index in [2.05, 4.69) is 79.7 Å². The van der Waals surface area contributed by atoms with Gasteiger partial charge < -0.3 is 0 Å². The minimum atomic E-state index is -0.166. The van der Waals surface area contributed by atoms with Gasteiger partial charge in [0.15, 0.2) is 0 Å². The minimum Gasteiger partial charge on any atom is -0.0819 e. The Morgan fingerprint density at radius 2 is 0.788 bits per heavy atom. The summed E-state index contributed by atoms with van der Waals surface area (Å²) < 4.78 is 0. The van der Waals surface area contributed by atoms with Crippen LogP contribution in [-0.4, -0.2) is 35.0 Å². The van der Waals surface area contributed by atoms with E-state index in [0.29, 0.717) is 0 Å². The fourth-order valence-electron chi connectivity index (χ4n) is 5.72. The van der Waals surface area contributed by atoms with Gasteiger partial charge in [-0.25, -0.2) is 0 Å². The largest absolute Gasteiger partial charge is 0.0819 e. The summed E-state index contributed by atoms with van der Waals surface area (Å²) in [6.45, 7) is 19.2. The van der Waals surface area contributed by atoms with Gasteiger partial charge in [0.1, 0.15) is 0 Å². The number of rotatable bonds is 10. The number of allylic oxidation sites excluding steroid dienone is 4. The summed E-state index contributed by atoms with van der Waals surface area (Å²) in [5.74, 6) is 1.83. The van der Waals surface area contributed by atoms with Gasteiger partial charge in [-0.3, -0.25) is 0 Å². The molecule has 0 aromatic heterocycles. The van der Waals surface area contributed by atoms with Crippen molar-refractivity contribution in [3.63, 3.8) is 0 Å². The van der Waals surface area contributed by atoms with Crippen LogP contribution in [0.4, 0.5) is 0 Å². The number of hydrogen-bond donors (Lipinski definition) is 0. The second-order valence-corrected chi connectivity index (χ2v) is 19.6. The predicted octanol–water partition coefficient (Wildman–Crippen LogP) is 10.3. The molecule has 0 radical (unpaired) electrons.